The van der Waals surface area contributed by atoms with Crippen molar-refractivity contribution in [3.05, 3.63) is 99.5 Å². The fourth-order valence-electron chi connectivity index (χ4n) is 4.12. The lowest BCUT2D eigenvalue weighted by molar-refractivity contribution is 0.0370. The van der Waals surface area contributed by atoms with Crippen molar-refractivity contribution in [2.45, 2.75) is 36.9 Å². The Kier molecular flexibility index (Phi) is 6.93. The number of carbonyl (C=O) groups excluding carboxylic acids is 1. The lowest BCUT2D eigenvalue weighted by Crippen LogP contribution is -2.66. The van der Waals surface area contributed by atoms with Gasteiger partial charge in [0, 0.05) is 28.2 Å². The van der Waals surface area contributed by atoms with E-state index in [2.05, 4.69) is 9.62 Å². The summed E-state index contributed by atoms with van der Waals surface area (Å²) >= 11 is 12.2. The van der Waals surface area contributed by atoms with Crippen LogP contribution in [0.3, 0.4) is 0 Å². The Hall–Kier alpha value is -2.22. The van der Waals surface area contributed by atoms with Crippen molar-refractivity contribution in [1.29, 1.82) is 0 Å². The van der Waals surface area contributed by atoms with Crippen LogP contribution in [-0.2, 0) is 10.0 Å². The van der Waals surface area contributed by atoms with E-state index in [0.29, 0.717) is 22.2 Å². The summed E-state index contributed by atoms with van der Waals surface area (Å²) < 4.78 is 28.6. The highest BCUT2D eigenvalue weighted by Gasteiger charge is 2.42. The van der Waals surface area contributed by atoms with Crippen LogP contribution in [0.5, 0.6) is 0 Å². The van der Waals surface area contributed by atoms with E-state index in [9.17, 15) is 13.2 Å². The van der Waals surface area contributed by atoms with E-state index in [1.807, 2.05) is 55.5 Å². The van der Waals surface area contributed by atoms with Crippen molar-refractivity contribution in [1.82, 2.24) is 9.62 Å². The highest BCUT2D eigenvalue weighted by molar-refractivity contribution is 7.89. The Morgan fingerprint density at radius 2 is 1.39 bits per heavy atom. The number of likely N-dealkylation sites (tertiary alicyclic amines) is 1. The summed E-state index contributed by atoms with van der Waals surface area (Å²) in [5.41, 5.74) is 2.61. The Morgan fingerprint density at radius 1 is 0.909 bits per heavy atom. The molecule has 2 atom stereocenters. The number of ketones is 1. The Balaban J connectivity index is 1.54. The van der Waals surface area contributed by atoms with Gasteiger partial charge in [-0.1, -0.05) is 59.6 Å². The number of halogens is 2. The standard InChI is InChI=1S/C25H24Cl2N2O3S/c1-16-24(28-33(31,32)23-13-7-18(8-14-23)17(2)30)15-29(16)25(19-3-9-21(26)10-4-19)20-5-11-22(27)12-6-20/h3-14,16,24-25,28H,15H2,1-2H3. The summed E-state index contributed by atoms with van der Waals surface area (Å²) in [4.78, 5) is 13.9. The van der Waals surface area contributed by atoms with E-state index in [0.717, 1.165) is 11.1 Å². The molecule has 0 aliphatic carbocycles. The summed E-state index contributed by atoms with van der Waals surface area (Å²) in [5, 5.41) is 1.32. The molecule has 0 saturated carbocycles. The normalized spacial score (nSPS) is 18.8. The fourth-order valence-corrected chi connectivity index (χ4v) is 5.67. The van der Waals surface area contributed by atoms with Gasteiger partial charge in [-0.25, -0.2) is 13.1 Å². The van der Waals surface area contributed by atoms with Gasteiger partial charge in [0.25, 0.3) is 0 Å². The summed E-state index contributed by atoms with van der Waals surface area (Å²) in [6, 6.07) is 21.0. The predicted octanol–water partition coefficient (Wildman–Crippen LogP) is 5.34. The molecule has 5 nitrogen and oxygen atoms in total. The minimum absolute atomic E-state index is 0.0485. The first-order valence-corrected chi connectivity index (χ1v) is 12.8. The van der Waals surface area contributed by atoms with Crippen molar-refractivity contribution in [2.24, 2.45) is 0 Å². The van der Waals surface area contributed by atoms with Gasteiger partial charge in [-0.2, -0.15) is 0 Å². The topological polar surface area (TPSA) is 66.5 Å². The predicted molar refractivity (Wildman–Crippen MR) is 131 cm³/mol. The average Bonchev–Trinajstić information content (AvgIpc) is 2.80. The summed E-state index contributed by atoms with van der Waals surface area (Å²) in [7, 11) is -3.71. The van der Waals surface area contributed by atoms with E-state index < -0.39 is 10.0 Å². The molecule has 172 valence electrons. The first-order valence-electron chi connectivity index (χ1n) is 10.6. The number of rotatable bonds is 7. The van der Waals surface area contributed by atoms with E-state index in [-0.39, 0.29) is 28.8 Å². The van der Waals surface area contributed by atoms with Gasteiger partial charge in [0.1, 0.15) is 0 Å². The Morgan fingerprint density at radius 3 is 1.82 bits per heavy atom. The first-order chi connectivity index (χ1) is 15.7. The van der Waals surface area contributed by atoms with Crippen LogP contribution in [-0.4, -0.2) is 37.7 Å². The average molecular weight is 503 g/mol. The van der Waals surface area contributed by atoms with Gasteiger partial charge in [0.2, 0.25) is 10.0 Å². The van der Waals surface area contributed by atoms with Gasteiger partial charge in [-0.3, -0.25) is 9.69 Å². The molecular weight excluding hydrogens is 479 g/mol. The van der Waals surface area contributed by atoms with Crippen LogP contribution in [0.2, 0.25) is 10.0 Å². The van der Waals surface area contributed by atoms with Crippen molar-refractivity contribution in [2.75, 3.05) is 6.54 Å². The molecule has 0 spiro atoms. The number of hydrogen-bond donors (Lipinski definition) is 1. The number of hydrogen-bond acceptors (Lipinski definition) is 4. The van der Waals surface area contributed by atoms with Crippen molar-refractivity contribution < 1.29 is 13.2 Å². The quantitative estimate of drug-likeness (QED) is 0.443. The second kappa shape index (κ2) is 9.57. The summed E-state index contributed by atoms with van der Waals surface area (Å²) in [5.74, 6) is -0.106. The number of carbonyl (C=O) groups is 1. The number of nitrogens with one attached hydrogen (secondary N) is 1. The molecule has 1 aliphatic rings. The van der Waals surface area contributed by atoms with Crippen LogP contribution in [0.15, 0.2) is 77.7 Å². The maximum atomic E-state index is 12.9. The third kappa shape index (κ3) is 5.15. The molecule has 3 aromatic carbocycles. The van der Waals surface area contributed by atoms with E-state index >= 15 is 0 Å². The molecule has 8 heteroatoms. The van der Waals surface area contributed by atoms with Gasteiger partial charge >= 0.3 is 0 Å². The van der Waals surface area contributed by atoms with Gasteiger partial charge in [-0.05, 0) is 61.4 Å². The molecule has 2 unspecified atom stereocenters. The lowest BCUT2D eigenvalue weighted by Gasteiger charge is -2.50. The number of sulfonamides is 1. The SMILES string of the molecule is CC(=O)c1ccc(S(=O)(=O)NC2CN(C(c3ccc(Cl)cc3)c3ccc(Cl)cc3)C2C)cc1. The number of Topliss-reactive ketones (excluding diaryl/α,β-unsaturated/α-hetero) is 1. The molecule has 1 N–H and O–H groups in total. The lowest BCUT2D eigenvalue weighted by atomic mass is 9.89. The molecule has 33 heavy (non-hydrogen) atoms. The molecule has 1 saturated heterocycles. The molecule has 0 aromatic heterocycles. The van der Waals surface area contributed by atoms with Gasteiger partial charge in [0.15, 0.2) is 5.78 Å². The molecule has 1 heterocycles. The zero-order valence-corrected chi connectivity index (χ0v) is 20.5. The smallest absolute Gasteiger partial charge is 0.240 e. The first kappa shape index (κ1) is 23.9. The number of nitrogens with zero attached hydrogens (tertiary/aromatic N) is 1. The van der Waals surface area contributed by atoms with Crippen molar-refractivity contribution in [3.8, 4) is 0 Å². The molecule has 4 rings (SSSR count). The van der Waals surface area contributed by atoms with Gasteiger partial charge in [0.05, 0.1) is 17.0 Å². The molecule has 1 fully saturated rings. The zero-order chi connectivity index (χ0) is 23.8. The maximum absolute atomic E-state index is 12.9. The van der Waals surface area contributed by atoms with Crippen LogP contribution in [0.1, 0.15) is 41.4 Å². The number of benzene rings is 3. The van der Waals surface area contributed by atoms with E-state index in [1.165, 1.54) is 31.2 Å². The minimum Gasteiger partial charge on any atom is -0.295 e. The van der Waals surface area contributed by atoms with Crippen LogP contribution >= 0.6 is 23.2 Å². The third-order valence-corrected chi connectivity index (χ3v) is 8.10. The van der Waals surface area contributed by atoms with Crippen LogP contribution in [0.25, 0.3) is 0 Å². The van der Waals surface area contributed by atoms with Crippen LogP contribution in [0, 0.1) is 0 Å². The Labute approximate surface area is 204 Å². The minimum atomic E-state index is -3.71. The third-order valence-electron chi connectivity index (χ3n) is 6.09. The second-order valence-electron chi connectivity index (χ2n) is 8.25. The molecule has 0 amide bonds. The van der Waals surface area contributed by atoms with E-state index in [1.54, 1.807) is 0 Å². The van der Waals surface area contributed by atoms with E-state index in [4.69, 9.17) is 23.2 Å². The zero-order valence-electron chi connectivity index (χ0n) is 18.2. The van der Waals surface area contributed by atoms with Crippen molar-refractivity contribution >= 4 is 39.0 Å². The molecule has 0 radical (unpaired) electrons. The molecule has 3 aromatic rings. The van der Waals surface area contributed by atoms with Gasteiger partial charge in [-0.15, -0.1) is 0 Å². The Bertz CT molecular complexity index is 1200. The molecule has 1 aliphatic heterocycles. The summed E-state index contributed by atoms with van der Waals surface area (Å²) in [6.45, 7) is 4.00. The van der Waals surface area contributed by atoms with Crippen LogP contribution in [0.4, 0.5) is 0 Å². The maximum Gasteiger partial charge on any atom is 0.240 e. The van der Waals surface area contributed by atoms with Crippen LogP contribution < -0.4 is 4.72 Å². The summed E-state index contributed by atoms with van der Waals surface area (Å²) in [6.07, 6.45) is 0. The highest BCUT2D eigenvalue weighted by atomic mass is 35.5. The van der Waals surface area contributed by atoms with Gasteiger partial charge < -0.3 is 0 Å². The monoisotopic (exact) mass is 502 g/mol. The van der Waals surface area contributed by atoms with Crippen molar-refractivity contribution in [3.63, 3.8) is 0 Å². The molecular formula is C25H24Cl2N2O3S. The largest absolute Gasteiger partial charge is 0.295 e. The highest BCUT2D eigenvalue weighted by Crippen LogP contribution is 2.37. The fraction of sp³-hybridized carbons (Fsp3) is 0.240. The molecule has 0 bridgehead atoms. The second-order valence-corrected chi connectivity index (χ2v) is 10.8.